The van der Waals surface area contributed by atoms with Gasteiger partial charge in [-0.1, -0.05) is 17.7 Å². The summed E-state index contributed by atoms with van der Waals surface area (Å²) >= 11 is 6.31. The summed E-state index contributed by atoms with van der Waals surface area (Å²) in [6.07, 6.45) is 0. The quantitative estimate of drug-likeness (QED) is 0.793. The van der Waals surface area contributed by atoms with Gasteiger partial charge in [0.1, 0.15) is 5.82 Å². The third-order valence-corrected chi connectivity index (χ3v) is 3.69. The molecule has 0 saturated carbocycles. The normalized spacial score (nSPS) is 15.8. The molecule has 1 aliphatic heterocycles. The van der Waals surface area contributed by atoms with Gasteiger partial charge in [0.15, 0.2) is 5.82 Å². The van der Waals surface area contributed by atoms with E-state index in [0.29, 0.717) is 0 Å². The number of anilines is 1. The van der Waals surface area contributed by atoms with Crippen molar-refractivity contribution >= 4 is 17.3 Å². The second kappa shape index (κ2) is 3.48. The van der Waals surface area contributed by atoms with Crippen LogP contribution < -0.4 is 5.32 Å². The van der Waals surface area contributed by atoms with E-state index in [2.05, 4.69) is 40.9 Å². The predicted molar refractivity (Wildman–Crippen MR) is 72.5 cm³/mol. The van der Waals surface area contributed by atoms with Crippen molar-refractivity contribution in [3.05, 3.63) is 34.4 Å². The molecule has 18 heavy (non-hydrogen) atoms. The van der Waals surface area contributed by atoms with E-state index in [9.17, 15) is 0 Å². The van der Waals surface area contributed by atoms with Crippen LogP contribution in [0.3, 0.4) is 0 Å². The number of fused-ring (bicyclic) bond motifs is 3. The zero-order valence-electron chi connectivity index (χ0n) is 10.9. The number of aromatic nitrogens is 3. The molecular weight excluding hydrogens is 248 g/mol. The third-order valence-electron chi connectivity index (χ3n) is 3.37. The van der Waals surface area contributed by atoms with Gasteiger partial charge in [0.05, 0.1) is 21.9 Å². The van der Waals surface area contributed by atoms with Gasteiger partial charge in [0.25, 0.3) is 0 Å². The van der Waals surface area contributed by atoms with E-state index in [1.165, 1.54) is 0 Å². The molecule has 0 amide bonds. The van der Waals surface area contributed by atoms with Gasteiger partial charge in [-0.15, -0.1) is 10.2 Å². The molecule has 0 atom stereocenters. The molecule has 0 unspecified atom stereocenters. The Morgan fingerprint density at radius 3 is 2.67 bits per heavy atom. The van der Waals surface area contributed by atoms with Crippen LogP contribution in [0.5, 0.6) is 0 Å². The maximum Gasteiger partial charge on any atom is 0.162 e. The van der Waals surface area contributed by atoms with Crippen molar-refractivity contribution in [1.29, 1.82) is 0 Å². The molecule has 1 N–H and O–H groups in total. The Morgan fingerprint density at radius 2 is 1.94 bits per heavy atom. The SMILES string of the molecule is Cc1ccc(Cl)c2c1-n1c(C)nnc1C(C)(C)N2. The number of nitrogens with one attached hydrogen (secondary N) is 1. The summed E-state index contributed by atoms with van der Waals surface area (Å²) in [7, 11) is 0. The molecule has 0 bridgehead atoms. The fraction of sp³-hybridized carbons (Fsp3) is 0.385. The number of benzene rings is 1. The van der Waals surface area contributed by atoms with E-state index in [1.807, 2.05) is 19.1 Å². The Kier molecular flexibility index (Phi) is 2.23. The van der Waals surface area contributed by atoms with Crippen LogP contribution in [0.15, 0.2) is 12.1 Å². The van der Waals surface area contributed by atoms with Crippen LogP contribution in [0.4, 0.5) is 5.69 Å². The van der Waals surface area contributed by atoms with Crippen molar-refractivity contribution < 1.29 is 0 Å². The van der Waals surface area contributed by atoms with Gasteiger partial charge < -0.3 is 5.32 Å². The molecule has 94 valence electrons. The van der Waals surface area contributed by atoms with Crippen molar-refractivity contribution in [2.45, 2.75) is 33.2 Å². The van der Waals surface area contributed by atoms with Gasteiger partial charge in [0.2, 0.25) is 0 Å². The van der Waals surface area contributed by atoms with E-state index in [0.717, 1.165) is 33.6 Å². The van der Waals surface area contributed by atoms with Crippen molar-refractivity contribution in [3.8, 4) is 5.69 Å². The van der Waals surface area contributed by atoms with E-state index >= 15 is 0 Å². The molecule has 5 heteroatoms. The van der Waals surface area contributed by atoms with Crippen molar-refractivity contribution in [2.24, 2.45) is 0 Å². The van der Waals surface area contributed by atoms with Gasteiger partial charge in [0, 0.05) is 0 Å². The topological polar surface area (TPSA) is 42.7 Å². The highest BCUT2D eigenvalue weighted by atomic mass is 35.5. The maximum atomic E-state index is 6.31. The first-order valence-corrected chi connectivity index (χ1v) is 6.30. The lowest BCUT2D eigenvalue weighted by molar-refractivity contribution is 0.535. The lowest BCUT2D eigenvalue weighted by Crippen LogP contribution is -2.36. The molecule has 1 aliphatic rings. The zero-order valence-corrected chi connectivity index (χ0v) is 11.6. The Labute approximate surface area is 111 Å². The number of hydrogen-bond donors (Lipinski definition) is 1. The second-order valence-electron chi connectivity index (χ2n) is 5.24. The van der Waals surface area contributed by atoms with Gasteiger partial charge in [-0.25, -0.2) is 0 Å². The van der Waals surface area contributed by atoms with Gasteiger partial charge in [-0.05, 0) is 39.3 Å². The van der Waals surface area contributed by atoms with Crippen LogP contribution in [0, 0.1) is 13.8 Å². The average molecular weight is 263 g/mol. The molecule has 0 aliphatic carbocycles. The smallest absolute Gasteiger partial charge is 0.162 e. The zero-order chi connectivity index (χ0) is 13.1. The Bertz CT molecular complexity index is 643. The van der Waals surface area contributed by atoms with Crippen LogP contribution in [0.25, 0.3) is 5.69 Å². The van der Waals surface area contributed by atoms with Gasteiger partial charge >= 0.3 is 0 Å². The molecule has 4 nitrogen and oxygen atoms in total. The first-order valence-electron chi connectivity index (χ1n) is 5.92. The standard InChI is InChI=1S/C13H15ClN4/c1-7-5-6-9(14)10-11(7)18-8(2)16-17-12(18)13(3,4)15-10/h5-6,15H,1-4H3. The fourth-order valence-corrected chi connectivity index (χ4v) is 2.68. The minimum Gasteiger partial charge on any atom is -0.370 e. The minimum absolute atomic E-state index is 0.286. The lowest BCUT2D eigenvalue weighted by atomic mass is 9.98. The van der Waals surface area contributed by atoms with Gasteiger partial charge in [-0.3, -0.25) is 4.57 Å². The number of nitrogens with zero attached hydrogens (tertiary/aromatic N) is 3. The molecule has 2 aromatic rings. The van der Waals surface area contributed by atoms with Crippen LogP contribution in [0.1, 0.15) is 31.1 Å². The highest BCUT2D eigenvalue weighted by Gasteiger charge is 2.35. The van der Waals surface area contributed by atoms with E-state index < -0.39 is 0 Å². The molecule has 0 saturated heterocycles. The van der Waals surface area contributed by atoms with E-state index in [-0.39, 0.29) is 5.54 Å². The van der Waals surface area contributed by atoms with E-state index in [1.54, 1.807) is 0 Å². The Hall–Kier alpha value is -1.55. The summed E-state index contributed by atoms with van der Waals surface area (Å²) in [5.41, 5.74) is 2.88. The summed E-state index contributed by atoms with van der Waals surface area (Å²) < 4.78 is 2.09. The van der Waals surface area contributed by atoms with Crippen molar-refractivity contribution in [2.75, 3.05) is 5.32 Å². The number of hydrogen-bond acceptors (Lipinski definition) is 3. The Morgan fingerprint density at radius 1 is 1.22 bits per heavy atom. The molecule has 0 spiro atoms. The highest BCUT2D eigenvalue weighted by molar-refractivity contribution is 6.33. The van der Waals surface area contributed by atoms with Gasteiger partial charge in [-0.2, -0.15) is 0 Å². The second-order valence-corrected chi connectivity index (χ2v) is 5.65. The number of halogens is 1. The average Bonchev–Trinajstić information content (AvgIpc) is 2.67. The van der Waals surface area contributed by atoms with Crippen molar-refractivity contribution in [1.82, 2.24) is 14.8 Å². The summed E-state index contributed by atoms with van der Waals surface area (Å²) in [5, 5.41) is 12.7. The molecule has 3 rings (SSSR count). The van der Waals surface area contributed by atoms with E-state index in [4.69, 9.17) is 11.6 Å². The van der Waals surface area contributed by atoms with Crippen LogP contribution in [-0.2, 0) is 5.54 Å². The highest BCUT2D eigenvalue weighted by Crippen LogP contribution is 2.41. The molecule has 2 heterocycles. The summed E-state index contributed by atoms with van der Waals surface area (Å²) in [6, 6.07) is 3.94. The summed E-state index contributed by atoms with van der Waals surface area (Å²) in [6.45, 7) is 8.18. The largest absolute Gasteiger partial charge is 0.370 e. The molecular formula is C13H15ClN4. The molecule has 1 aromatic carbocycles. The monoisotopic (exact) mass is 262 g/mol. The minimum atomic E-state index is -0.286. The van der Waals surface area contributed by atoms with Crippen LogP contribution >= 0.6 is 11.6 Å². The van der Waals surface area contributed by atoms with Crippen molar-refractivity contribution in [3.63, 3.8) is 0 Å². The van der Waals surface area contributed by atoms with Crippen LogP contribution in [-0.4, -0.2) is 14.8 Å². The summed E-state index contributed by atoms with van der Waals surface area (Å²) in [4.78, 5) is 0. The first-order chi connectivity index (χ1) is 8.42. The Balaban J connectivity index is 2.43. The predicted octanol–water partition coefficient (Wildman–Crippen LogP) is 3.20. The molecule has 0 radical (unpaired) electrons. The lowest BCUT2D eigenvalue weighted by Gasteiger charge is -2.35. The maximum absolute atomic E-state index is 6.31. The number of rotatable bonds is 0. The fourth-order valence-electron chi connectivity index (χ4n) is 2.48. The number of aryl methyl sites for hydroxylation is 2. The van der Waals surface area contributed by atoms with Crippen LogP contribution in [0.2, 0.25) is 5.02 Å². The molecule has 0 fully saturated rings. The third kappa shape index (κ3) is 1.38. The molecule has 1 aromatic heterocycles. The first kappa shape index (κ1) is 11.5. The summed E-state index contributed by atoms with van der Waals surface area (Å²) in [5.74, 6) is 1.80.